The van der Waals surface area contributed by atoms with Crippen LogP contribution in [-0.4, -0.2) is 32.0 Å². The fraction of sp³-hybridized carbons (Fsp3) is 0.875. The van der Waals surface area contributed by atoms with Crippen LogP contribution in [-0.2, 0) is 19.4 Å². The maximum Gasteiger partial charge on any atom is 0.321 e. The summed E-state index contributed by atoms with van der Waals surface area (Å²) in [5, 5.41) is -0.295. The Morgan fingerprint density at radius 3 is 2.46 bits per heavy atom. The van der Waals surface area contributed by atoms with Gasteiger partial charge in [0, 0.05) is 0 Å². The molecule has 1 aliphatic rings. The van der Waals surface area contributed by atoms with Crippen LogP contribution in [0.2, 0.25) is 0 Å². The Morgan fingerprint density at radius 2 is 2.08 bits per heavy atom. The van der Waals surface area contributed by atoms with Gasteiger partial charge >= 0.3 is 5.97 Å². The first-order chi connectivity index (χ1) is 6.06. The monoisotopic (exact) mass is 206 g/mol. The van der Waals surface area contributed by atoms with Crippen molar-refractivity contribution in [3.05, 3.63) is 0 Å². The zero-order chi connectivity index (χ0) is 9.90. The van der Waals surface area contributed by atoms with Gasteiger partial charge in [0.05, 0.1) is 11.9 Å². The maximum absolute atomic E-state index is 11.4. The highest BCUT2D eigenvalue weighted by Gasteiger charge is 2.33. The Kier molecular flexibility index (Phi) is 3.30. The summed E-state index contributed by atoms with van der Waals surface area (Å²) >= 11 is 0. The molecule has 5 heteroatoms. The Labute approximate surface area is 78.2 Å². The largest absolute Gasteiger partial charge is 0.465 e. The minimum absolute atomic E-state index is 0.235. The summed E-state index contributed by atoms with van der Waals surface area (Å²) < 4.78 is 27.4. The van der Waals surface area contributed by atoms with Gasteiger partial charge in [-0.2, -0.15) is 0 Å². The van der Waals surface area contributed by atoms with E-state index in [1.165, 1.54) is 0 Å². The van der Waals surface area contributed by atoms with Crippen LogP contribution in [0.25, 0.3) is 0 Å². The molecule has 1 aliphatic carbocycles. The van der Waals surface area contributed by atoms with Crippen LogP contribution >= 0.6 is 0 Å². The normalized spacial score (nSPS) is 17.9. The van der Waals surface area contributed by atoms with Gasteiger partial charge in [0.25, 0.3) is 0 Å². The average molecular weight is 206 g/mol. The maximum atomic E-state index is 11.4. The van der Waals surface area contributed by atoms with E-state index in [1.807, 2.05) is 0 Å². The van der Waals surface area contributed by atoms with Crippen molar-refractivity contribution in [1.82, 2.24) is 0 Å². The van der Waals surface area contributed by atoms with Gasteiger partial charge in [-0.15, -0.1) is 0 Å². The lowest BCUT2D eigenvalue weighted by Gasteiger charge is -2.24. The number of esters is 1. The van der Waals surface area contributed by atoms with Crippen molar-refractivity contribution >= 4 is 15.8 Å². The zero-order valence-corrected chi connectivity index (χ0v) is 8.47. The van der Waals surface area contributed by atoms with Gasteiger partial charge in [-0.05, 0) is 19.8 Å². The highest BCUT2D eigenvalue weighted by Crippen LogP contribution is 2.26. The van der Waals surface area contributed by atoms with Gasteiger partial charge in [-0.3, -0.25) is 4.79 Å². The molecule has 0 unspecified atom stereocenters. The third-order valence-electron chi connectivity index (χ3n) is 2.18. The molecule has 1 rings (SSSR count). The number of hydrogen-bond acceptors (Lipinski definition) is 4. The summed E-state index contributed by atoms with van der Waals surface area (Å²) in [4.78, 5) is 10.9. The topological polar surface area (TPSA) is 60.4 Å². The fourth-order valence-electron chi connectivity index (χ4n) is 1.21. The molecular formula is C8H14O4S. The zero-order valence-electron chi connectivity index (χ0n) is 7.65. The van der Waals surface area contributed by atoms with E-state index in [4.69, 9.17) is 0 Å². The van der Waals surface area contributed by atoms with Crippen molar-refractivity contribution in [2.45, 2.75) is 31.4 Å². The molecule has 0 atom stereocenters. The summed E-state index contributed by atoms with van der Waals surface area (Å²) in [5.41, 5.74) is 0. The molecule has 0 aromatic carbocycles. The second-order valence-corrected chi connectivity index (χ2v) is 5.45. The van der Waals surface area contributed by atoms with E-state index < -0.39 is 21.6 Å². The molecule has 0 N–H and O–H groups in total. The van der Waals surface area contributed by atoms with Crippen molar-refractivity contribution in [2.24, 2.45) is 0 Å². The number of ether oxygens (including phenoxy) is 1. The lowest BCUT2D eigenvalue weighted by molar-refractivity contribution is -0.139. The molecule has 0 aromatic rings. The number of carbonyl (C=O) groups excluding carboxylic acids is 1. The summed E-state index contributed by atoms with van der Waals surface area (Å²) in [6.07, 6.45) is 2.34. The quantitative estimate of drug-likeness (QED) is 0.629. The molecule has 0 radical (unpaired) electrons. The number of carbonyl (C=O) groups is 1. The molecule has 0 aromatic heterocycles. The van der Waals surface area contributed by atoms with Gasteiger partial charge in [0.2, 0.25) is 0 Å². The van der Waals surface area contributed by atoms with E-state index in [-0.39, 0.29) is 11.9 Å². The Morgan fingerprint density at radius 1 is 1.46 bits per heavy atom. The molecule has 0 bridgehead atoms. The van der Waals surface area contributed by atoms with Crippen molar-refractivity contribution in [1.29, 1.82) is 0 Å². The summed E-state index contributed by atoms with van der Waals surface area (Å²) in [6, 6.07) is 0. The molecule has 0 aliphatic heterocycles. The standard InChI is InChI=1S/C8H14O4S/c1-2-12-8(9)6-13(10,11)7-4-3-5-7/h7H,2-6H2,1H3. The summed E-state index contributed by atoms with van der Waals surface area (Å²) in [6.45, 7) is 1.90. The van der Waals surface area contributed by atoms with E-state index in [0.717, 1.165) is 6.42 Å². The molecule has 0 heterocycles. The number of sulfone groups is 1. The predicted molar refractivity (Wildman–Crippen MR) is 48.1 cm³/mol. The van der Waals surface area contributed by atoms with E-state index in [9.17, 15) is 13.2 Å². The van der Waals surface area contributed by atoms with Gasteiger partial charge in [0.15, 0.2) is 9.84 Å². The van der Waals surface area contributed by atoms with Gasteiger partial charge in [0.1, 0.15) is 5.75 Å². The van der Waals surface area contributed by atoms with E-state index >= 15 is 0 Å². The average Bonchev–Trinajstić information content (AvgIpc) is 1.79. The third-order valence-corrected chi connectivity index (χ3v) is 4.31. The summed E-state index contributed by atoms with van der Waals surface area (Å²) in [5.74, 6) is -1.08. The van der Waals surface area contributed by atoms with Crippen LogP contribution in [0.3, 0.4) is 0 Å². The van der Waals surface area contributed by atoms with E-state index in [2.05, 4.69) is 4.74 Å². The van der Waals surface area contributed by atoms with Gasteiger partial charge < -0.3 is 4.74 Å². The minimum Gasteiger partial charge on any atom is -0.465 e. The number of rotatable bonds is 4. The summed E-state index contributed by atoms with van der Waals surface area (Å²) in [7, 11) is -3.22. The van der Waals surface area contributed by atoms with E-state index in [1.54, 1.807) is 6.92 Å². The van der Waals surface area contributed by atoms with Gasteiger partial charge in [-0.25, -0.2) is 8.42 Å². The molecule has 0 amide bonds. The molecule has 0 spiro atoms. The van der Waals surface area contributed by atoms with Crippen molar-refractivity contribution in [3.63, 3.8) is 0 Å². The SMILES string of the molecule is CCOC(=O)CS(=O)(=O)C1CCC1. The molecule has 4 nitrogen and oxygen atoms in total. The molecule has 13 heavy (non-hydrogen) atoms. The Hall–Kier alpha value is -0.580. The second kappa shape index (κ2) is 4.09. The number of hydrogen-bond donors (Lipinski definition) is 0. The lowest BCUT2D eigenvalue weighted by Crippen LogP contribution is -2.33. The molecule has 0 saturated heterocycles. The van der Waals surface area contributed by atoms with Crippen LogP contribution in [0.1, 0.15) is 26.2 Å². The first-order valence-electron chi connectivity index (χ1n) is 4.43. The van der Waals surface area contributed by atoms with Crippen molar-refractivity contribution in [2.75, 3.05) is 12.4 Å². The predicted octanol–water partition coefficient (Wildman–Crippen LogP) is 0.517. The Balaban J connectivity index is 2.46. The van der Waals surface area contributed by atoms with Crippen molar-refractivity contribution in [3.8, 4) is 0 Å². The Bertz CT molecular complexity index is 277. The fourth-order valence-corrected chi connectivity index (χ4v) is 2.91. The smallest absolute Gasteiger partial charge is 0.321 e. The van der Waals surface area contributed by atoms with Gasteiger partial charge in [-0.1, -0.05) is 6.42 Å². The highest BCUT2D eigenvalue weighted by atomic mass is 32.2. The van der Waals surface area contributed by atoms with Crippen LogP contribution in [0.15, 0.2) is 0 Å². The first-order valence-corrected chi connectivity index (χ1v) is 6.15. The molecule has 76 valence electrons. The third kappa shape index (κ3) is 2.69. The molecule has 1 saturated carbocycles. The minimum atomic E-state index is -3.22. The van der Waals surface area contributed by atoms with Crippen LogP contribution in [0.5, 0.6) is 0 Å². The molecule has 1 fully saturated rings. The first kappa shape index (κ1) is 10.5. The van der Waals surface area contributed by atoms with Crippen LogP contribution in [0, 0.1) is 0 Å². The molecular weight excluding hydrogens is 192 g/mol. The van der Waals surface area contributed by atoms with Crippen molar-refractivity contribution < 1.29 is 17.9 Å². The highest BCUT2D eigenvalue weighted by molar-refractivity contribution is 7.92. The lowest BCUT2D eigenvalue weighted by atomic mass is 10.0. The van der Waals surface area contributed by atoms with E-state index in [0.29, 0.717) is 12.8 Å². The van der Waals surface area contributed by atoms with Crippen LogP contribution in [0.4, 0.5) is 0 Å². The van der Waals surface area contributed by atoms with Crippen LogP contribution < -0.4 is 0 Å². The second-order valence-electron chi connectivity index (χ2n) is 3.17.